The normalized spacial score (nSPS) is 11.1. The second-order valence-corrected chi connectivity index (χ2v) is 8.74. The Morgan fingerprint density at radius 2 is 1.42 bits per heavy atom. The molecule has 6 heteroatoms. The maximum atomic E-state index is 13.4. The lowest BCUT2D eigenvalue weighted by atomic mass is 10.0. The van der Waals surface area contributed by atoms with Gasteiger partial charge in [-0.1, -0.05) is 52.6 Å². The molecule has 1 unspecified atom stereocenters. The van der Waals surface area contributed by atoms with Crippen molar-refractivity contribution in [3.05, 3.63) is 88.0 Å². The summed E-state index contributed by atoms with van der Waals surface area (Å²) in [6, 6.07) is 15.5. The molecule has 5 nitrogen and oxygen atoms in total. The second-order valence-electron chi connectivity index (χ2n) is 7.26. The molecule has 0 aliphatic rings. The Balaban J connectivity index is 2.15. The van der Waals surface area contributed by atoms with Crippen LogP contribution >= 0.6 is 7.80 Å². The van der Waals surface area contributed by atoms with E-state index in [1.54, 1.807) is 30.3 Å². The van der Waals surface area contributed by atoms with Crippen LogP contribution in [0.3, 0.4) is 0 Å². The molecule has 0 saturated carbocycles. The van der Waals surface area contributed by atoms with Gasteiger partial charge in [-0.05, 0) is 44.0 Å². The minimum Gasteiger partial charge on any atom is -0.496 e. The average Bonchev–Trinajstić information content (AvgIpc) is 2.76. The van der Waals surface area contributed by atoms with Gasteiger partial charge in [0.1, 0.15) is 11.3 Å². The molecule has 158 valence electrons. The van der Waals surface area contributed by atoms with Gasteiger partial charge in [-0.15, -0.1) is 0 Å². The van der Waals surface area contributed by atoms with Crippen LogP contribution in [0.1, 0.15) is 43.0 Å². The van der Waals surface area contributed by atoms with Gasteiger partial charge in [0.2, 0.25) is 11.1 Å². The van der Waals surface area contributed by atoms with Crippen molar-refractivity contribution in [3.8, 4) is 11.5 Å². The molecule has 3 rings (SSSR count). The molecule has 0 N–H and O–H groups in total. The highest BCUT2D eigenvalue weighted by Crippen LogP contribution is 2.38. The maximum absolute atomic E-state index is 13.4. The van der Waals surface area contributed by atoms with Gasteiger partial charge in [0.25, 0.3) is 0 Å². The smallest absolute Gasteiger partial charge is 0.462 e. The molecule has 0 aliphatic heterocycles. The van der Waals surface area contributed by atoms with Gasteiger partial charge in [0.15, 0.2) is 5.75 Å². The lowest BCUT2D eigenvalue weighted by molar-refractivity contribution is 0.103. The fraction of sp³-hybridized carbons (Fsp3) is 0.200. The summed E-state index contributed by atoms with van der Waals surface area (Å²) in [5.41, 5.74) is 3.06. The largest absolute Gasteiger partial charge is 0.496 e. The van der Waals surface area contributed by atoms with E-state index in [0.29, 0.717) is 11.1 Å². The number of rotatable bonds is 7. The van der Waals surface area contributed by atoms with Crippen molar-refractivity contribution in [2.45, 2.75) is 20.8 Å². The van der Waals surface area contributed by atoms with Crippen LogP contribution in [0.5, 0.6) is 11.5 Å². The van der Waals surface area contributed by atoms with Gasteiger partial charge in [-0.2, -0.15) is 0 Å². The van der Waals surface area contributed by atoms with Gasteiger partial charge < -0.3 is 9.47 Å². The zero-order chi connectivity index (χ0) is 22.7. The molecule has 1 atom stereocenters. The summed E-state index contributed by atoms with van der Waals surface area (Å²) in [6.07, 6.45) is 0. The van der Waals surface area contributed by atoms with E-state index in [1.165, 1.54) is 20.3 Å². The molecule has 3 aromatic rings. The Kier molecular flexibility index (Phi) is 6.67. The number of ketones is 1. The molecular weight excluding hydrogens is 411 g/mol. The minimum absolute atomic E-state index is 0.0880. The third-order valence-electron chi connectivity index (χ3n) is 5.08. The standard InChI is InChI=1S/C25H24O5P/c1-15-13-16(2)21(17(3)14-15)25(27)31(28)20-12-11-19(29-4)22(24(20)30-5)23(26)18-9-7-6-8-10-18/h6-14H,1-5H3/q+1. The van der Waals surface area contributed by atoms with E-state index in [4.69, 9.17) is 9.47 Å². The third-order valence-corrected chi connectivity index (χ3v) is 6.46. The van der Waals surface area contributed by atoms with Crippen molar-refractivity contribution in [3.63, 3.8) is 0 Å². The monoisotopic (exact) mass is 435 g/mol. The molecule has 31 heavy (non-hydrogen) atoms. The van der Waals surface area contributed by atoms with Crippen LogP contribution in [0, 0.1) is 20.8 Å². The SMILES string of the molecule is COc1ccc([P+](=O)C(=O)c2c(C)cc(C)cc2C)c(OC)c1C(=O)c1ccccc1. The highest BCUT2D eigenvalue weighted by molar-refractivity contribution is 7.71. The maximum Gasteiger partial charge on any atom is 0.462 e. The molecule has 0 fully saturated rings. The van der Waals surface area contributed by atoms with Crippen molar-refractivity contribution < 1.29 is 23.6 Å². The van der Waals surface area contributed by atoms with Crippen molar-refractivity contribution in [1.82, 2.24) is 0 Å². The van der Waals surface area contributed by atoms with Gasteiger partial charge in [-0.3, -0.25) is 4.79 Å². The van der Waals surface area contributed by atoms with E-state index in [-0.39, 0.29) is 28.2 Å². The van der Waals surface area contributed by atoms with E-state index in [9.17, 15) is 14.2 Å². The van der Waals surface area contributed by atoms with Crippen LogP contribution in [0.15, 0.2) is 54.6 Å². The first kappa shape index (κ1) is 22.4. The highest BCUT2D eigenvalue weighted by atomic mass is 31.1. The zero-order valence-corrected chi connectivity index (χ0v) is 19.1. The number of aryl methyl sites for hydroxylation is 3. The fourth-order valence-electron chi connectivity index (χ4n) is 3.77. The molecule has 3 aromatic carbocycles. The van der Waals surface area contributed by atoms with Gasteiger partial charge >= 0.3 is 13.3 Å². The lowest BCUT2D eigenvalue weighted by Gasteiger charge is -2.12. The molecule has 0 bridgehead atoms. The number of carbonyl (C=O) groups excluding carboxylic acids is 2. The van der Waals surface area contributed by atoms with Crippen LogP contribution in [0.25, 0.3) is 0 Å². The summed E-state index contributed by atoms with van der Waals surface area (Å²) in [6.45, 7) is 5.60. The fourth-order valence-corrected chi connectivity index (χ4v) is 5.14. The Hall–Kier alpha value is -3.30. The van der Waals surface area contributed by atoms with Crippen molar-refractivity contribution in [2.75, 3.05) is 14.2 Å². The molecule has 0 radical (unpaired) electrons. The Morgan fingerprint density at radius 1 is 0.806 bits per heavy atom. The molecule has 0 aliphatic carbocycles. The quantitative estimate of drug-likeness (QED) is 0.379. The number of ether oxygens (including phenoxy) is 2. The van der Waals surface area contributed by atoms with E-state index in [1.807, 2.05) is 39.0 Å². The Bertz CT molecular complexity index is 1160. The highest BCUT2D eigenvalue weighted by Gasteiger charge is 2.40. The first-order chi connectivity index (χ1) is 14.8. The van der Waals surface area contributed by atoms with Crippen LogP contribution in [-0.4, -0.2) is 25.5 Å². The summed E-state index contributed by atoms with van der Waals surface area (Å²) >= 11 is 0. The van der Waals surface area contributed by atoms with Crippen molar-refractivity contribution in [2.24, 2.45) is 0 Å². The van der Waals surface area contributed by atoms with Crippen LogP contribution in [0.4, 0.5) is 0 Å². The van der Waals surface area contributed by atoms with Crippen molar-refractivity contribution >= 4 is 24.4 Å². The molecule has 0 saturated heterocycles. The summed E-state index contributed by atoms with van der Waals surface area (Å²) in [5, 5.41) is 0.168. The predicted molar refractivity (Wildman–Crippen MR) is 122 cm³/mol. The topological polar surface area (TPSA) is 69.7 Å². The van der Waals surface area contributed by atoms with Crippen molar-refractivity contribution in [1.29, 1.82) is 0 Å². The molecular formula is C25H24O5P+. The summed E-state index contributed by atoms with van der Waals surface area (Å²) in [4.78, 5) is 26.4. The Morgan fingerprint density at radius 3 is 1.97 bits per heavy atom. The Labute approximate surface area is 182 Å². The zero-order valence-electron chi connectivity index (χ0n) is 18.2. The molecule has 0 aromatic heterocycles. The van der Waals surface area contributed by atoms with Crippen LogP contribution < -0.4 is 14.8 Å². The number of carbonyl (C=O) groups is 2. The molecule has 0 spiro atoms. The summed E-state index contributed by atoms with van der Waals surface area (Å²) in [5.74, 6) is 0.0350. The number of benzene rings is 3. The molecule has 0 amide bonds. The summed E-state index contributed by atoms with van der Waals surface area (Å²) < 4.78 is 24.3. The summed E-state index contributed by atoms with van der Waals surface area (Å²) in [7, 11) is 0.299. The predicted octanol–water partition coefficient (Wildman–Crippen LogP) is 5.15. The third kappa shape index (κ3) is 4.28. The second kappa shape index (κ2) is 9.23. The minimum atomic E-state index is -2.53. The number of hydrogen-bond acceptors (Lipinski definition) is 5. The van der Waals surface area contributed by atoms with E-state index >= 15 is 0 Å². The first-order valence-corrected chi connectivity index (χ1v) is 11.0. The van der Waals surface area contributed by atoms with Crippen LogP contribution in [-0.2, 0) is 4.57 Å². The number of hydrogen-bond donors (Lipinski definition) is 0. The molecule has 0 heterocycles. The van der Waals surface area contributed by atoms with Gasteiger partial charge in [-0.25, -0.2) is 4.79 Å². The van der Waals surface area contributed by atoms with E-state index in [2.05, 4.69) is 0 Å². The van der Waals surface area contributed by atoms with E-state index < -0.39 is 13.3 Å². The number of methoxy groups -OCH3 is 2. The van der Waals surface area contributed by atoms with Gasteiger partial charge in [0.05, 0.1) is 19.8 Å². The van der Waals surface area contributed by atoms with Crippen LogP contribution in [0.2, 0.25) is 0 Å². The van der Waals surface area contributed by atoms with E-state index in [0.717, 1.165) is 16.7 Å². The van der Waals surface area contributed by atoms with Gasteiger partial charge in [0, 0.05) is 5.56 Å². The lowest BCUT2D eigenvalue weighted by Crippen LogP contribution is -2.15. The average molecular weight is 435 g/mol. The first-order valence-electron chi connectivity index (χ1n) is 9.74.